The molecule has 6 heteroatoms. The lowest BCUT2D eigenvalue weighted by molar-refractivity contribution is -0.115. The lowest BCUT2D eigenvalue weighted by Crippen LogP contribution is -2.41. The average Bonchev–Trinajstić information content (AvgIpc) is 2.83. The number of aromatic nitrogens is 1. The largest absolute Gasteiger partial charge is 0.367 e. The summed E-state index contributed by atoms with van der Waals surface area (Å²) in [4.78, 5) is 33.0. The zero-order valence-corrected chi connectivity index (χ0v) is 20.6. The first kappa shape index (κ1) is 24.4. The van der Waals surface area contributed by atoms with Crippen molar-refractivity contribution in [1.82, 2.24) is 10.3 Å². The first-order chi connectivity index (χ1) is 16.5. The number of hydrogen-bond donors (Lipinski definition) is 2. The molecule has 1 fully saturated rings. The molecule has 1 amide bonds. The van der Waals surface area contributed by atoms with E-state index in [1.54, 1.807) is 6.20 Å². The van der Waals surface area contributed by atoms with Gasteiger partial charge >= 0.3 is 0 Å². The molecule has 0 saturated heterocycles. The molecule has 182 valence electrons. The monoisotopic (exact) mass is 462 g/mol. The molecular weight excluding hydrogens is 424 g/mol. The van der Waals surface area contributed by atoms with Gasteiger partial charge < -0.3 is 16.0 Å². The van der Waals surface area contributed by atoms with E-state index in [2.05, 4.69) is 40.4 Å². The van der Waals surface area contributed by atoms with Crippen LogP contribution in [0.2, 0.25) is 0 Å². The van der Waals surface area contributed by atoms with Crippen LogP contribution in [-0.2, 0) is 11.2 Å². The van der Waals surface area contributed by atoms with Crippen molar-refractivity contribution < 1.29 is 9.59 Å². The number of Topliss-reactive ketones (excluding diaryl/α,β-unsaturated/α-hetero) is 1. The second-order valence-corrected chi connectivity index (χ2v) is 9.88. The van der Waals surface area contributed by atoms with Crippen LogP contribution in [0.3, 0.4) is 0 Å². The van der Waals surface area contributed by atoms with Gasteiger partial charge in [-0.2, -0.15) is 0 Å². The molecule has 1 aliphatic heterocycles. The maximum absolute atomic E-state index is 13.4. The van der Waals surface area contributed by atoms with Gasteiger partial charge in [0.2, 0.25) is 0 Å². The molecule has 0 atom stereocenters. The van der Waals surface area contributed by atoms with E-state index in [0.717, 1.165) is 79.5 Å². The molecule has 4 rings (SSSR count). The van der Waals surface area contributed by atoms with Gasteiger partial charge in [0.1, 0.15) is 0 Å². The maximum atomic E-state index is 13.4. The Balaban J connectivity index is 1.67. The molecule has 6 nitrogen and oxygen atoms in total. The van der Waals surface area contributed by atoms with Gasteiger partial charge in [0.05, 0.1) is 17.4 Å². The van der Waals surface area contributed by atoms with E-state index < -0.39 is 0 Å². The highest BCUT2D eigenvalue weighted by Crippen LogP contribution is 2.31. The fraction of sp³-hybridized carbons (Fsp3) is 0.536. The third-order valence-electron chi connectivity index (χ3n) is 7.43. The molecule has 0 radical (unpaired) electrons. The summed E-state index contributed by atoms with van der Waals surface area (Å²) in [5.74, 6) is -0.0369. The number of carbonyl (C=O) groups is 2. The summed E-state index contributed by atoms with van der Waals surface area (Å²) in [6.45, 7) is 5.30. The first-order valence-corrected chi connectivity index (χ1v) is 12.8. The van der Waals surface area contributed by atoms with E-state index in [0.29, 0.717) is 30.5 Å². The van der Waals surface area contributed by atoms with Gasteiger partial charge in [-0.3, -0.25) is 14.6 Å². The number of nitrogens with two attached hydrogens (primary N) is 1. The van der Waals surface area contributed by atoms with Crippen molar-refractivity contribution in [2.24, 2.45) is 5.73 Å². The van der Waals surface area contributed by atoms with Gasteiger partial charge in [0.25, 0.3) is 5.91 Å². The molecular formula is C28H38N4O2. The number of fused-ring (bicyclic) bond motifs is 1. The van der Waals surface area contributed by atoms with Crippen LogP contribution >= 0.6 is 0 Å². The van der Waals surface area contributed by atoms with Crippen molar-refractivity contribution in [2.75, 3.05) is 18.0 Å². The first-order valence-electron chi connectivity index (χ1n) is 12.8. The number of nitrogens with one attached hydrogen (secondary N) is 1. The zero-order valence-electron chi connectivity index (χ0n) is 20.6. The molecule has 1 saturated carbocycles. The Morgan fingerprint density at radius 1 is 1.15 bits per heavy atom. The number of carbonyl (C=O) groups excluding carboxylic acids is 2. The zero-order chi connectivity index (χ0) is 24.1. The quantitative estimate of drug-likeness (QED) is 0.650. The Morgan fingerprint density at radius 3 is 2.71 bits per heavy atom. The van der Waals surface area contributed by atoms with Crippen LogP contribution < -0.4 is 16.0 Å². The van der Waals surface area contributed by atoms with Crippen LogP contribution in [0.1, 0.15) is 81.1 Å². The standard InChI is InChI=1S/C28H38N4O2/c1-3-32(22-12-10-21(29)11-13-22)26-18-30-16-25-23(26)9-7-5-4-6-8-20-14-19(2)15-27(33)24(20)17-31-28(25)34/h5,7,14,16,18,21-22H,3-4,6,8-13,15,17,29H2,1-2H3,(H,31,34). The highest BCUT2D eigenvalue weighted by Gasteiger charge is 2.27. The minimum Gasteiger partial charge on any atom is -0.367 e. The van der Waals surface area contributed by atoms with Crippen LogP contribution in [0.4, 0.5) is 5.69 Å². The van der Waals surface area contributed by atoms with Crippen LogP contribution in [0, 0.1) is 0 Å². The van der Waals surface area contributed by atoms with Crippen LogP contribution in [0.15, 0.2) is 47.3 Å². The summed E-state index contributed by atoms with van der Waals surface area (Å²) in [6, 6.07) is 0.708. The van der Waals surface area contributed by atoms with Crippen molar-refractivity contribution in [2.45, 2.75) is 83.7 Å². The minimum atomic E-state index is -0.162. The number of anilines is 1. The summed E-state index contributed by atoms with van der Waals surface area (Å²) in [5, 5.41) is 3.05. The molecule has 2 aliphatic carbocycles. The smallest absolute Gasteiger partial charge is 0.253 e. The Labute approximate surface area is 203 Å². The minimum absolute atomic E-state index is 0.125. The van der Waals surface area contributed by atoms with Crippen molar-refractivity contribution in [3.8, 4) is 0 Å². The molecule has 34 heavy (non-hydrogen) atoms. The van der Waals surface area contributed by atoms with Crippen molar-refractivity contribution in [3.05, 3.63) is 58.5 Å². The predicted molar refractivity (Wildman–Crippen MR) is 137 cm³/mol. The molecule has 0 bridgehead atoms. The third-order valence-corrected chi connectivity index (χ3v) is 7.43. The number of allylic oxidation sites excluding steroid dienone is 5. The summed E-state index contributed by atoms with van der Waals surface area (Å²) in [7, 11) is 0. The average molecular weight is 463 g/mol. The topological polar surface area (TPSA) is 88.3 Å². The number of amides is 1. The van der Waals surface area contributed by atoms with E-state index in [1.165, 1.54) is 0 Å². The summed E-state index contributed by atoms with van der Waals surface area (Å²) in [6.07, 6.45) is 18.2. The summed E-state index contributed by atoms with van der Waals surface area (Å²) < 4.78 is 0. The Kier molecular flexibility index (Phi) is 7.99. The van der Waals surface area contributed by atoms with Crippen LogP contribution in [0.25, 0.3) is 0 Å². The van der Waals surface area contributed by atoms with Gasteiger partial charge in [-0.25, -0.2) is 0 Å². The van der Waals surface area contributed by atoms with Gasteiger partial charge in [0, 0.05) is 43.4 Å². The maximum Gasteiger partial charge on any atom is 0.253 e. The van der Waals surface area contributed by atoms with Crippen LogP contribution in [0.5, 0.6) is 0 Å². The second-order valence-electron chi connectivity index (χ2n) is 9.88. The fourth-order valence-corrected chi connectivity index (χ4v) is 5.58. The lowest BCUT2D eigenvalue weighted by atomic mass is 9.89. The summed E-state index contributed by atoms with van der Waals surface area (Å²) >= 11 is 0. The number of rotatable bonds is 3. The van der Waals surface area contributed by atoms with Crippen molar-refractivity contribution in [1.29, 1.82) is 0 Å². The SMILES string of the molecule is CCN(c1cncc2c1CC=CCCCC1=C(CNC2=O)C(=O)CC(C)=C1)C1CCC(N)CC1. The van der Waals surface area contributed by atoms with E-state index in [9.17, 15) is 9.59 Å². The van der Waals surface area contributed by atoms with E-state index in [-0.39, 0.29) is 18.2 Å². The van der Waals surface area contributed by atoms with Gasteiger partial charge in [-0.05, 0) is 76.4 Å². The highest BCUT2D eigenvalue weighted by molar-refractivity contribution is 6.02. The van der Waals surface area contributed by atoms with Gasteiger partial charge in [-0.1, -0.05) is 23.8 Å². The fourth-order valence-electron chi connectivity index (χ4n) is 5.58. The number of nitrogens with zero attached hydrogens (tertiary/aromatic N) is 2. The van der Waals surface area contributed by atoms with Crippen LogP contribution in [-0.4, -0.2) is 41.8 Å². The van der Waals surface area contributed by atoms with E-state index >= 15 is 0 Å². The third kappa shape index (κ3) is 5.49. The Bertz CT molecular complexity index is 1020. The molecule has 1 aromatic heterocycles. The predicted octanol–water partition coefficient (Wildman–Crippen LogP) is 4.41. The number of pyridine rings is 1. The van der Waals surface area contributed by atoms with Gasteiger partial charge in [-0.15, -0.1) is 0 Å². The molecule has 3 N–H and O–H groups in total. The molecule has 0 spiro atoms. The molecule has 2 heterocycles. The number of ketones is 1. The van der Waals surface area contributed by atoms with Crippen molar-refractivity contribution >= 4 is 17.4 Å². The molecule has 3 aliphatic rings. The van der Waals surface area contributed by atoms with Gasteiger partial charge in [0.15, 0.2) is 5.78 Å². The van der Waals surface area contributed by atoms with Crippen molar-refractivity contribution in [3.63, 3.8) is 0 Å². The second kappa shape index (κ2) is 11.1. The summed E-state index contributed by atoms with van der Waals surface area (Å²) in [5.41, 5.74) is 11.7. The number of hydrogen-bond acceptors (Lipinski definition) is 5. The molecule has 0 unspecified atom stereocenters. The molecule has 0 aromatic carbocycles. The Hall–Kier alpha value is -2.73. The van der Waals surface area contributed by atoms with E-state index in [1.807, 2.05) is 13.1 Å². The molecule has 1 aromatic rings. The highest BCUT2D eigenvalue weighted by atomic mass is 16.2. The normalized spacial score (nSPS) is 24.1. The van der Waals surface area contributed by atoms with E-state index in [4.69, 9.17) is 5.73 Å². The lowest BCUT2D eigenvalue weighted by Gasteiger charge is -2.38. The Morgan fingerprint density at radius 2 is 1.94 bits per heavy atom.